The highest BCUT2D eigenvalue weighted by Gasteiger charge is 2.45. The smallest absolute Gasteiger partial charge is 0.434 e. The van der Waals surface area contributed by atoms with E-state index in [9.17, 15) is 22.8 Å². The predicted octanol–water partition coefficient (Wildman–Crippen LogP) is 4.66. The van der Waals surface area contributed by atoms with Gasteiger partial charge in [0, 0.05) is 5.02 Å². The van der Waals surface area contributed by atoms with Crippen LogP contribution in [0, 0.1) is 11.3 Å². The van der Waals surface area contributed by atoms with E-state index in [1.165, 1.54) is 37.3 Å². The molecule has 1 aliphatic heterocycles. The number of hydrogen-bond acceptors (Lipinski definition) is 7. The summed E-state index contributed by atoms with van der Waals surface area (Å²) in [5.74, 6) is -0.823. The fraction of sp³-hybridized carbons (Fsp3) is 0.200. The zero-order chi connectivity index (χ0) is 27.6. The standard InChI is InChI=1S/C25H16BrClF3N3O4S/c1-2-36-23(35)19-20(14-4-6-15(27)7-5-14)33-22(34)18(38-24(33)32-21(19)25(28,29)30)12-13-3-8-17(16(26)11-13)37-10-9-31/h3-8,11-12,20H,2,10H2,1H3/b18-12-/t20-/m1/s1. The van der Waals surface area contributed by atoms with Crippen molar-refractivity contribution in [1.82, 2.24) is 4.57 Å². The number of rotatable bonds is 6. The Morgan fingerprint density at radius 3 is 2.61 bits per heavy atom. The van der Waals surface area contributed by atoms with E-state index in [-0.39, 0.29) is 28.1 Å². The number of allylic oxidation sites excluding steroid dienone is 1. The van der Waals surface area contributed by atoms with Crippen LogP contribution < -0.4 is 19.6 Å². The number of carbonyl (C=O) groups is 1. The molecule has 38 heavy (non-hydrogen) atoms. The second-order valence-electron chi connectivity index (χ2n) is 7.75. The molecule has 0 N–H and O–H groups in total. The van der Waals surface area contributed by atoms with E-state index in [1.54, 1.807) is 18.2 Å². The minimum Gasteiger partial charge on any atom is -0.478 e. The number of fused-ring (bicyclic) bond motifs is 1. The van der Waals surface area contributed by atoms with Crippen molar-refractivity contribution < 1.29 is 27.4 Å². The molecule has 196 valence electrons. The fourth-order valence-electron chi connectivity index (χ4n) is 3.79. The first kappa shape index (κ1) is 27.6. The second kappa shape index (κ2) is 11.1. The quantitative estimate of drug-likeness (QED) is 0.371. The maximum Gasteiger partial charge on any atom is 0.434 e. The summed E-state index contributed by atoms with van der Waals surface area (Å²) >= 11 is 10.1. The predicted molar refractivity (Wildman–Crippen MR) is 137 cm³/mol. The Morgan fingerprint density at radius 2 is 2.00 bits per heavy atom. The van der Waals surface area contributed by atoms with Crippen molar-refractivity contribution in [3.8, 4) is 11.8 Å². The van der Waals surface area contributed by atoms with Gasteiger partial charge in [0.1, 0.15) is 11.8 Å². The average Bonchev–Trinajstić information content (AvgIpc) is 3.17. The molecule has 0 saturated heterocycles. The van der Waals surface area contributed by atoms with Crippen LogP contribution in [0.2, 0.25) is 5.02 Å². The molecular weight excluding hydrogens is 611 g/mol. The molecule has 0 unspecified atom stereocenters. The largest absolute Gasteiger partial charge is 0.478 e. The van der Waals surface area contributed by atoms with Gasteiger partial charge in [0.15, 0.2) is 17.1 Å². The van der Waals surface area contributed by atoms with E-state index in [0.29, 0.717) is 20.8 Å². The van der Waals surface area contributed by atoms with E-state index in [0.717, 1.165) is 15.9 Å². The normalized spacial score (nSPS) is 15.5. The lowest BCUT2D eigenvalue weighted by molar-refractivity contribution is -0.140. The molecule has 0 spiro atoms. The highest BCUT2D eigenvalue weighted by Crippen LogP contribution is 2.38. The van der Waals surface area contributed by atoms with E-state index in [4.69, 9.17) is 26.3 Å². The second-order valence-corrected chi connectivity index (χ2v) is 10.1. The van der Waals surface area contributed by atoms with Crippen LogP contribution in [0.15, 0.2) is 68.0 Å². The molecule has 3 aromatic rings. The van der Waals surface area contributed by atoms with Crippen molar-refractivity contribution in [1.29, 1.82) is 5.26 Å². The van der Waals surface area contributed by atoms with Crippen LogP contribution in [-0.2, 0) is 9.53 Å². The number of nitriles is 1. The van der Waals surface area contributed by atoms with Gasteiger partial charge < -0.3 is 9.47 Å². The number of nitrogens with zero attached hydrogens (tertiary/aromatic N) is 3. The van der Waals surface area contributed by atoms with Gasteiger partial charge in [-0.1, -0.05) is 41.1 Å². The van der Waals surface area contributed by atoms with Crippen LogP contribution in [0.5, 0.6) is 5.75 Å². The molecule has 0 fully saturated rings. The number of carbonyl (C=O) groups excluding carboxylic acids is 1. The fourth-order valence-corrected chi connectivity index (χ4v) is 5.42. The van der Waals surface area contributed by atoms with Gasteiger partial charge in [0.2, 0.25) is 0 Å². The van der Waals surface area contributed by atoms with Crippen molar-refractivity contribution in [3.05, 3.63) is 94.0 Å². The van der Waals surface area contributed by atoms with Gasteiger partial charge in [0.25, 0.3) is 5.56 Å². The van der Waals surface area contributed by atoms with Crippen molar-refractivity contribution in [2.45, 2.75) is 19.1 Å². The summed E-state index contributed by atoms with van der Waals surface area (Å²) in [6, 6.07) is 11.0. The minimum absolute atomic E-state index is 0.0898. The molecule has 0 bridgehead atoms. The summed E-state index contributed by atoms with van der Waals surface area (Å²) in [5, 5.41) is 9.02. The minimum atomic E-state index is -4.99. The lowest BCUT2D eigenvalue weighted by Gasteiger charge is -2.26. The average molecular weight is 627 g/mol. The van der Waals surface area contributed by atoms with Crippen molar-refractivity contribution in [2.75, 3.05) is 13.2 Å². The number of alkyl halides is 3. The lowest BCUT2D eigenvalue weighted by Crippen LogP contribution is -2.41. The third kappa shape index (κ3) is 5.55. The van der Waals surface area contributed by atoms with Crippen LogP contribution in [-0.4, -0.2) is 29.9 Å². The SMILES string of the molecule is CCOC(=O)C1=C(C(F)(F)F)N=c2s/c(=C\c3ccc(OCC#N)c(Br)c3)c(=O)n2[C@@H]1c1ccc(Cl)cc1. The Balaban J connectivity index is 1.96. The summed E-state index contributed by atoms with van der Waals surface area (Å²) in [4.78, 5) is 29.9. The monoisotopic (exact) mass is 625 g/mol. The summed E-state index contributed by atoms with van der Waals surface area (Å²) in [6.07, 6.45) is -3.51. The summed E-state index contributed by atoms with van der Waals surface area (Å²) in [5.41, 5.74) is -2.09. The van der Waals surface area contributed by atoms with Crippen LogP contribution in [0.1, 0.15) is 24.1 Å². The zero-order valence-corrected chi connectivity index (χ0v) is 22.5. The molecule has 4 rings (SSSR count). The number of hydrogen-bond donors (Lipinski definition) is 0. The number of esters is 1. The summed E-state index contributed by atoms with van der Waals surface area (Å²) in [6.45, 7) is 1.13. The number of halogens is 5. The van der Waals surface area contributed by atoms with Gasteiger partial charge in [-0.05, 0) is 64.3 Å². The molecule has 1 aromatic heterocycles. The van der Waals surface area contributed by atoms with E-state index < -0.39 is 35.0 Å². The Bertz CT molecular complexity index is 1660. The van der Waals surface area contributed by atoms with Crippen molar-refractivity contribution >= 4 is 50.9 Å². The molecule has 0 amide bonds. The molecule has 1 atom stereocenters. The number of aromatic nitrogens is 1. The topological polar surface area (TPSA) is 93.7 Å². The van der Waals surface area contributed by atoms with Crippen LogP contribution in [0.3, 0.4) is 0 Å². The first-order chi connectivity index (χ1) is 18.0. The van der Waals surface area contributed by atoms with Gasteiger partial charge in [-0.2, -0.15) is 18.4 Å². The number of thiazole rings is 1. The Kier molecular flexibility index (Phi) is 8.10. The van der Waals surface area contributed by atoms with E-state index >= 15 is 0 Å². The first-order valence-electron chi connectivity index (χ1n) is 10.9. The maximum absolute atomic E-state index is 14.2. The summed E-state index contributed by atoms with van der Waals surface area (Å²) < 4.78 is 54.4. The summed E-state index contributed by atoms with van der Waals surface area (Å²) in [7, 11) is 0. The van der Waals surface area contributed by atoms with Gasteiger partial charge >= 0.3 is 12.1 Å². The lowest BCUT2D eigenvalue weighted by atomic mass is 9.95. The number of benzene rings is 2. The van der Waals surface area contributed by atoms with Crippen LogP contribution >= 0.6 is 38.9 Å². The van der Waals surface area contributed by atoms with E-state index in [1.807, 2.05) is 6.07 Å². The third-order valence-corrected chi connectivity index (χ3v) is 7.18. The Hall–Kier alpha value is -3.40. The van der Waals surface area contributed by atoms with Gasteiger partial charge in [0.05, 0.1) is 27.2 Å². The van der Waals surface area contributed by atoms with Gasteiger partial charge in [-0.15, -0.1) is 0 Å². The highest BCUT2D eigenvalue weighted by atomic mass is 79.9. The maximum atomic E-state index is 14.2. The van der Waals surface area contributed by atoms with E-state index in [2.05, 4.69) is 20.9 Å². The molecule has 0 radical (unpaired) electrons. The molecule has 2 heterocycles. The van der Waals surface area contributed by atoms with Crippen LogP contribution in [0.4, 0.5) is 13.2 Å². The highest BCUT2D eigenvalue weighted by molar-refractivity contribution is 9.10. The molecule has 1 aliphatic rings. The van der Waals surface area contributed by atoms with Crippen molar-refractivity contribution in [2.24, 2.45) is 4.99 Å². The third-order valence-electron chi connectivity index (χ3n) is 5.33. The van der Waals surface area contributed by atoms with Crippen LogP contribution in [0.25, 0.3) is 6.08 Å². The molecule has 0 saturated carbocycles. The molecule has 13 heteroatoms. The number of ether oxygens (including phenoxy) is 2. The molecule has 7 nitrogen and oxygen atoms in total. The van der Waals surface area contributed by atoms with Gasteiger partial charge in [-0.25, -0.2) is 9.79 Å². The molecular formula is C25H16BrClF3N3O4S. The first-order valence-corrected chi connectivity index (χ1v) is 12.9. The Labute approximate surface area is 230 Å². The van der Waals surface area contributed by atoms with Gasteiger partial charge in [-0.3, -0.25) is 9.36 Å². The molecule has 0 aliphatic carbocycles. The molecule has 2 aromatic carbocycles. The Morgan fingerprint density at radius 1 is 1.29 bits per heavy atom. The zero-order valence-electron chi connectivity index (χ0n) is 19.4. The van der Waals surface area contributed by atoms with Crippen molar-refractivity contribution in [3.63, 3.8) is 0 Å².